The molecule has 1 fully saturated rings. The van der Waals surface area contributed by atoms with Crippen molar-refractivity contribution in [2.75, 3.05) is 13.1 Å². The van der Waals surface area contributed by atoms with Gasteiger partial charge in [-0.15, -0.1) is 0 Å². The van der Waals surface area contributed by atoms with Crippen LogP contribution in [0.3, 0.4) is 0 Å². The molecule has 2 N–H and O–H groups in total. The first-order chi connectivity index (χ1) is 9.08. The number of carbonyl (C=O) groups is 1. The van der Waals surface area contributed by atoms with E-state index < -0.39 is 0 Å². The summed E-state index contributed by atoms with van der Waals surface area (Å²) in [7, 11) is 0. The van der Waals surface area contributed by atoms with Crippen LogP contribution >= 0.6 is 0 Å². The molecule has 0 radical (unpaired) electrons. The van der Waals surface area contributed by atoms with Crippen LogP contribution in [0.5, 0.6) is 0 Å². The Bertz CT molecular complexity index is 419. The second kappa shape index (κ2) is 6.19. The van der Waals surface area contributed by atoms with Gasteiger partial charge in [0.2, 0.25) is 5.91 Å². The van der Waals surface area contributed by atoms with E-state index in [1.54, 1.807) is 0 Å². The number of aromatic nitrogens is 2. The average Bonchev–Trinajstić information content (AvgIpc) is 2.81. The van der Waals surface area contributed by atoms with Gasteiger partial charge in [0, 0.05) is 42.9 Å². The number of likely N-dealkylation sites (tertiary alicyclic amines) is 1. The van der Waals surface area contributed by atoms with Crippen LogP contribution in [-0.2, 0) is 11.3 Å². The number of nitrogens with one attached hydrogen (secondary N) is 2. The lowest BCUT2D eigenvalue weighted by atomic mass is 10.0. The first kappa shape index (κ1) is 14.1. The maximum absolute atomic E-state index is 11.9. The second-order valence-electron chi connectivity index (χ2n) is 5.66. The van der Waals surface area contributed by atoms with E-state index in [1.807, 2.05) is 31.9 Å². The van der Waals surface area contributed by atoms with Crippen molar-refractivity contribution in [1.82, 2.24) is 20.4 Å². The van der Waals surface area contributed by atoms with E-state index in [-0.39, 0.29) is 11.8 Å². The molecule has 0 unspecified atom stereocenters. The molecule has 0 spiro atoms. The lowest BCUT2D eigenvalue weighted by molar-refractivity contribution is -0.135. The molecule has 2 heterocycles. The molecular formula is C14H24N4O. The largest absolute Gasteiger partial charge is 0.342 e. The van der Waals surface area contributed by atoms with Crippen molar-refractivity contribution in [2.45, 2.75) is 46.2 Å². The molecular weight excluding hydrogens is 240 g/mol. The summed E-state index contributed by atoms with van der Waals surface area (Å²) in [5.74, 6) is 0.391. The highest BCUT2D eigenvalue weighted by molar-refractivity contribution is 5.78. The van der Waals surface area contributed by atoms with Crippen LogP contribution in [0.25, 0.3) is 0 Å². The number of hydrogen-bond acceptors (Lipinski definition) is 3. The lowest BCUT2D eigenvalue weighted by Crippen LogP contribution is -2.46. The van der Waals surface area contributed by atoms with E-state index >= 15 is 0 Å². The summed E-state index contributed by atoms with van der Waals surface area (Å²) in [5.41, 5.74) is 2.35. The molecule has 2 rings (SSSR count). The van der Waals surface area contributed by atoms with Crippen molar-refractivity contribution in [3.8, 4) is 0 Å². The normalized spacial score (nSPS) is 17.2. The fraction of sp³-hybridized carbons (Fsp3) is 0.714. The maximum Gasteiger partial charge on any atom is 0.225 e. The molecule has 1 aromatic rings. The van der Waals surface area contributed by atoms with Crippen LogP contribution < -0.4 is 5.32 Å². The van der Waals surface area contributed by atoms with Crippen LogP contribution in [0.4, 0.5) is 0 Å². The van der Waals surface area contributed by atoms with Crippen LogP contribution in [0.15, 0.2) is 6.20 Å². The van der Waals surface area contributed by atoms with Crippen LogP contribution in [-0.4, -0.2) is 40.1 Å². The van der Waals surface area contributed by atoms with Gasteiger partial charge in [0.1, 0.15) is 0 Å². The Morgan fingerprint density at radius 3 is 2.74 bits per heavy atom. The predicted octanol–water partition coefficient (Wildman–Crippen LogP) is 1.45. The number of rotatable bonds is 4. The molecule has 0 saturated carbocycles. The van der Waals surface area contributed by atoms with E-state index in [9.17, 15) is 4.79 Å². The van der Waals surface area contributed by atoms with Crippen molar-refractivity contribution in [2.24, 2.45) is 5.92 Å². The summed E-state index contributed by atoms with van der Waals surface area (Å²) in [5, 5.41) is 10.5. The molecule has 0 aliphatic carbocycles. The molecule has 1 aliphatic rings. The highest BCUT2D eigenvalue weighted by Gasteiger charge is 2.23. The summed E-state index contributed by atoms with van der Waals surface area (Å²) >= 11 is 0. The van der Waals surface area contributed by atoms with Gasteiger partial charge in [-0.25, -0.2) is 0 Å². The number of aromatic amines is 1. The molecule has 0 aromatic carbocycles. The number of carbonyl (C=O) groups excluding carboxylic acids is 1. The highest BCUT2D eigenvalue weighted by Crippen LogP contribution is 2.14. The smallest absolute Gasteiger partial charge is 0.225 e. The topological polar surface area (TPSA) is 61.0 Å². The standard InChI is InChI=1S/C14H24N4O/c1-10(2)14(19)18-6-4-13(5-7-18)15-8-12-9-16-17-11(12)3/h9-10,13,15H,4-8H2,1-3H3,(H,16,17). The molecule has 1 amide bonds. The van der Waals surface area contributed by atoms with E-state index in [2.05, 4.69) is 15.5 Å². The molecule has 5 nitrogen and oxygen atoms in total. The molecule has 0 bridgehead atoms. The number of piperidine rings is 1. The molecule has 1 aliphatic heterocycles. The fourth-order valence-electron chi connectivity index (χ4n) is 2.48. The van der Waals surface area contributed by atoms with Crippen molar-refractivity contribution in [1.29, 1.82) is 0 Å². The third kappa shape index (κ3) is 3.56. The van der Waals surface area contributed by atoms with Crippen molar-refractivity contribution in [3.63, 3.8) is 0 Å². The number of aryl methyl sites for hydroxylation is 1. The number of nitrogens with zero attached hydrogens (tertiary/aromatic N) is 2. The average molecular weight is 264 g/mol. The Hall–Kier alpha value is -1.36. The Kier molecular flexibility index (Phi) is 4.58. The van der Waals surface area contributed by atoms with Gasteiger partial charge in [-0.2, -0.15) is 5.10 Å². The Morgan fingerprint density at radius 1 is 1.53 bits per heavy atom. The monoisotopic (exact) mass is 264 g/mol. The zero-order chi connectivity index (χ0) is 13.8. The third-order valence-electron chi connectivity index (χ3n) is 3.82. The van der Waals surface area contributed by atoms with E-state index in [1.165, 1.54) is 5.56 Å². The van der Waals surface area contributed by atoms with Gasteiger partial charge in [0.15, 0.2) is 0 Å². The van der Waals surface area contributed by atoms with Gasteiger partial charge < -0.3 is 10.2 Å². The Balaban J connectivity index is 1.75. The third-order valence-corrected chi connectivity index (χ3v) is 3.82. The minimum Gasteiger partial charge on any atom is -0.342 e. The highest BCUT2D eigenvalue weighted by atomic mass is 16.2. The number of hydrogen-bond donors (Lipinski definition) is 2. The molecule has 1 aromatic heterocycles. The SMILES string of the molecule is Cc1[nH]ncc1CNC1CCN(C(=O)C(C)C)CC1. The first-order valence-corrected chi connectivity index (χ1v) is 7.09. The van der Waals surface area contributed by atoms with Crippen LogP contribution in [0.1, 0.15) is 37.9 Å². The predicted molar refractivity (Wildman–Crippen MR) is 74.6 cm³/mol. The molecule has 5 heteroatoms. The van der Waals surface area contributed by atoms with E-state index in [0.29, 0.717) is 6.04 Å². The number of amides is 1. The van der Waals surface area contributed by atoms with Gasteiger partial charge >= 0.3 is 0 Å². The van der Waals surface area contributed by atoms with Gasteiger partial charge in [-0.3, -0.25) is 9.89 Å². The van der Waals surface area contributed by atoms with Gasteiger partial charge in [0.05, 0.1) is 6.20 Å². The molecule has 19 heavy (non-hydrogen) atoms. The zero-order valence-electron chi connectivity index (χ0n) is 12.1. The quantitative estimate of drug-likeness (QED) is 0.865. The van der Waals surface area contributed by atoms with Crippen molar-refractivity contribution < 1.29 is 4.79 Å². The molecule has 1 saturated heterocycles. The van der Waals surface area contributed by atoms with E-state index in [4.69, 9.17) is 0 Å². The fourth-order valence-corrected chi connectivity index (χ4v) is 2.48. The van der Waals surface area contributed by atoms with E-state index in [0.717, 1.165) is 38.2 Å². The van der Waals surface area contributed by atoms with Crippen molar-refractivity contribution >= 4 is 5.91 Å². The Morgan fingerprint density at radius 2 is 2.21 bits per heavy atom. The minimum absolute atomic E-state index is 0.109. The van der Waals surface area contributed by atoms with Crippen LogP contribution in [0, 0.1) is 12.8 Å². The molecule has 106 valence electrons. The van der Waals surface area contributed by atoms with Gasteiger partial charge in [0.25, 0.3) is 0 Å². The molecule has 0 atom stereocenters. The summed E-state index contributed by atoms with van der Waals surface area (Å²) in [6.07, 6.45) is 3.95. The van der Waals surface area contributed by atoms with Gasteiger partial charge in [-0.05, 0) is 19.8 Å². The maximum atomic E-state index is 11.9. The summed E-state index contributed by atoms with van der Waals surface area (Å²) in [6, 6.07) is 0.505. The van der Waals surface area contributed by atoms with Gasteiger partial charge in [-0.1, -0.05) is 13.8 Å². The second-order valence-corrected chi connectivity index (χ2v) is 5.66. The summed E-state index contributed by atoms with van der Waals surface area (Å²) in [6.45, 7) is 8.57. The first-order valence-electron chi connectivity index (χ1n) is 7.09. The minimum atomic E-state index is 0.109. The number of H-pyrrole nitrogens is 1. The van der Waals surface area contributed by atoms with Crippen molar-refractivity contribution in [3.05, 3.63) is 17.5 Å². The lowest BCUT2D eigenvalue weighted by Gasteiger charge is -2.33. The van der Waals surface area contributed by atoms with Crippen LogP contribution in [0.2, 0.25) is 0 Å². The zero-order valence-corrected chi connectivity index (χ0v) is 12.1. The Labute approximate surface area is 114 Å². The summed E-state index contributed by atoms with van der Waals surface area (Å²) in [4.78, 5) is 13.9. The summed E-state index contributed by atoms with van der Waals surface area (Å²) < 4.78 is 0.